The van der Waals surface area contributed by atoms with Gasteiger partial charge >= 0.3 is 0 Å². The molecule has 3 rings (SSSR count). The number of ether oxygens (including phenoxy) is 1. The van der Waals surface area contributed by atoms with Gasteiger partial charge in [0.1, 0.15) is 9.88 Å². The third kappa shape index (κ3) is 3.95. The van der Waals surface area contributed by atoms with Crippen LogP contribution in [0, 0.1) is 0 Å². The first-order valence-electron chi connectivity index (χ1n) is 7.92. The lowest BCUT2D eigenvalue weighted by Gasteiger charge is -2.24. The first-order valence-corrected chi connectivity index (χ1v) is 8.74. The van der Waals surface area contributed by atoms with Crippen LogP contribution < -0.4 is 0 Å². The molecule has 3 heterocycles. The predicted octanol–water partition coefficient (Wildman–Crippen LogP) is 2.92. The fraction of sp³-hybridized carbons (Fsp3) is 0.471. The number of aryl methyl sites for hydroxylation is 1. The number of nitrogens with zero attached hydrogens (tertiary/aromatic N) is 3. The van der Waals surface area contributed by atoms with E-state index in [1.54, 1.807) is 13.3 Å². The molecule has 122 valence electrons. The third-order valence-corrected chi connectivity index (χ3v) is 5.09. The molecule has 0 unspecified atom stereocenters. The monoisotopic (exact) mass is 331 g/mol. The number of carbonyl (C=O) groups excluding carboxylic acids is 1. The maximum Gasteiger partial charge on any atom is 0.265 e. The number of likely N-dealkylation sites (tertiary alicyclic amines) is 1. The molecule has 1 aliphatic heterocycles. The summed E-state index contributed by atoms with van der Waals surface area (Å²) in [5, 5.41) is 0.847. The van der Waals surface area contributed by atoms with E-state index in [9.17, 15) is 4.79 Å². The first kappa shape index (κ1) is 16.1. The summed E-state index contributed by atoms with van der Waals surface area (Å²) in [6.45, 7) is 1.30. The smallest absolute Gasteiger partial charge is 0.265 e. The van der Waals surface area contributed by atoms with Crippen LogP contribution in [0.5, 0.6) is 0 Å². The highest BCUT2D eigenvalue weighted by molar-refractivity contribution is 7.13. The van der Waals surface area contributed by atoms with Gasteiger partial charge in [0, 0.05) is 31.6 Å². The Morgan fingerprint density at radius 2 is 2.35 bits per heavy atom. The summed E-state index contributed by atoms with van der Waals surface area (Å²) in [5.41, 5.74) is 1.09. The molecule has 1 amide bonds. The Hall–Kier alpha value is -1.79. The van der Waals surface area contributed by atoms with Crippen LogP contribution >= 0.6 is 11.3 Å². The van der Waals surface area contributed by atoms with E-state index in [1.165, 1.54) is 11.3 Å². The van der Waals surface area contributed by atoms with Crippen LogP contribution in [-0.4, -0.2) is 40.5 Å². The molecule has 0 aliphatic carbocycles. The lowest BCUT2D eigenvalue weighted by molar-refractivity contribution is 0.0735. The highest BCUT2D eigenvalue weighted by Crippen LogP contribution is 2.25. The number of carbonyl (C=O) groups is 1. The second kappa shape index (κ2) is 7.66. The van der Waals surface area contributed by atoms with Crippen LogP contribution in [0.2, 0.25) is 0 Å². The SMILES string of the molecule is COCc1ncc(C(=O)N2CCC[C@@H]2CCc2ccccn2)s1. The highest BCUT2D eigenvalue weighted by Gasteiger charge is 2.30. The molecule has 1 aliphatic rings. The van der Waals surface area contributed by atoms with Crippen molar-refractivity contribution < 1.29 is 9.53 Å². The standard InChI is InChI=1S/C17H21N3O2S/c1-22-12-16-19-11-15(23-16)17(21)20-10-4-6-14(20)8-7-13-5-2-3-9-18-13/h2-3,5,9,11,14H,4,6-8,10,12H2,1H3/t14-/m1/s1. The van der Waals surface area contributed by atoms with E-state index in [2.05, 4.69) is 9.97 Å². The molecule has 0 saturated carbocycles. The summed E-state index contributed by atoms with van der Waals surface area (Å²) in [6, 6.07) is 6.28. The second-order valence-electron chi connectivity index (χ2n) is 5.71. The minimum Gasteiger partial charge on any atom is -0.378 e. The molecular formula is C17H21N3O2S. The van der Waals surface area contributed by atoms with Crippen molar-refractivity contribution in [3.05, 3.63) is 46.2 Å². The molecule has 0 aromatic carbocycles. The van der Waals surface area contributed by atoms with Gasteiger partial charge in [0.2, 0.25) is 0 Å². The van der Waals surface area contributed by atoms with Crippen molar-refractivity contribution in [1.29, 1.82) is 0 Å². The Kier molecular flexibility index (Phi) is 5.35. The summed E-state index contributed by atoms with van der Waals surface area (Å²) in [4.78, 5) is 24.1. The van der Waals surface area contributed by atoms with E-state index in [1.807, 2.05) is 29.3 Å². The zero-order chi connectivity index (χ0) is 16.1. The number of thiazole rings is 1. The molecule has 2 aromatic rings. The van der Waals surface area contributed by atoms with E-state index in [0.717, 1.165) is 42.9 Å². The fourth-order valence-electron chi connectivity index (χ4n) is 3.00. The van der Waals surface area contributed by atoms with Crippen molar-refractivity contribution in [2.24, 2.45) is 0 Å². The number of hydrogen-bond acceptors (Lipinski definition) is 5. The van der Waals surface area contributed by atoms with E-state index in [-0.39, 0.29) is 5.91 Å². The van der Waals surface area contributed by atoms with Crippen molar-refractivity contribution in [1.82, 2.24) is 14.9 Å². The quantitative estimate of drug-likeness (QED) is 0.817. The minimum atomic E-state index is 0.105. The van der Waals surface area contributed by atoms with Crippen LogP contribution in [0.15, 0.2) is 30.6 Å². The van der Waals surface area contributed by atoms with E-state index in [4.69, 9.17) is 4.74 Å². The van der Waals surface area contributed by atoms with Crippen LogP contribution in [0.25, 0.3) is 0 Å². The van der Waals surface area contributed by atoms with Gasteiger partial charge in [0.05, 0.1) is 12.8 Å². The number of methoxy groups -OCH3 is 1. The number of aromatic nitrogens is 2. The Morgan fingerprint density at radius 3 is 3.13 bits per heavy atom. The summed E-state index contributed by atoms with van der Waals surface area (Å²) in [5.74, 6) is 0.105. The summed E-state index contributed by atoms with van der Waals surface area (Å²) >= 11 is 1.43. The van der Waals surface area contributed by atoms with Gasteiger partial charge in [0.15, 0.2) is 0 Å². The normalized spacial score (nSPS) is 17.6. The van der Waals surface area contributed by atoms with Crippen molar-refractivity contribution in [3.63, 3.8) is 0 Å². The number of hydrogen-bond donors (Lipinski definition) is 0. The van der Waals surface area contributed by atoms with Crippen molar-refractivity contribution in [2.45, 2.75) is 38.3 Å². The average Bonchev–Trinajstić information content (AvgIpc) is 3.23. The van der Waals surface area contributed by atoms with Gasteiger partial charge in [0.25, 0.3) is 5.91 Å². The summed E-state index contributed by atoms with van der Waals surface area (Å²) < 4.78 is 5.07. The first-order chi connectivity index (χ1) is 11.3. The van der Waals surface area contributed by atoms with Crippen LogP contribution in [-0.2, 0) is 17.8 Å². The Morgan fingerprint density at radius 1 is 1.43 bits per heavy atom. The maximum atomic E-state index is 12.7. The largest absolute Gasteiger partial charge is 0.378 e. The molecular weight excluding hydrogens is 310 g/mol. The van der Waals surface area contributed by atoms with Gasteiger partial charge in [-0.05, 0) is 37.8 Å². The maximum absolute atomic E-state index is 12.7. The van der Waals surface area contributed by atoms with E-state index >= 15 is 0 Å². The third-order valence-electron chi connectivity index (χ3n) is 4.13. The van der Waals surface area contributed by atoms with Gasteiger partial charge in [-0.15, -0.1) is 11.3 Å². The number of rotatable bonds is 6. The topological polar surface area (TPSA) is 55.3 Å². The second-order valence-corrected chi connectivity index (χ2v) is 6.82. The zero-order valence-corrected chi connectivity index (χ0v) is 14.1. The fourth-order valence-corrected chi connectivity index (χ4v) is 3.85. The van der Waals surface area contributed by atoms with Crippen LogP contribution in [0.1, 0.15) is 39.6 Å². The summed E-state index contributed by atoms with van der Waals surface area (Å²) in [6.07, 6.45) is 7.51. The Labute approximate surface area is 140 Å². The Bertz CT molecular complexity index is 644. The molecule has 1 atom stereocenters. The molecule has 5 nitrogen and oxygen atoms in total. The molecule has 1 fully saturated rings. The zero-order valence-electron chi connectivity index (χ0n) is 13.3. The van der Waals surface area contributed by atoms with Gasteiger partial charge in [-0.2, -0.15) is 0 Å². The average molecular weight is 331 g/mol. The van der Waals surface area contributed by atoms with Crippen molar-refractivity contribution in [3.8, 4) is 0 Å². The molecule has 0 radical (unpaired) electrons. The highest BCUT2D eigenvalue weighted by atomic mass is 32.1. The minimum absolute atomic E-state index is 0.105. The molecule has 0 spiro atoms. The molecule has 0 N–H and O–H groups in total. The van der Waals surface area contributed by atoms with E-state index in [0.29, 0.717) is 17.5 Å². The lowest BCUT2D eigenvalue weighted by Crippen LogP contribution is -2.35. The van der Waals surface area contributed by atoms with Crippen LogP contribution in [0.3, 0.4) is 0 Å². The van der Waals surface area contributed by atoms with E-state index < -0.39 is 0 Å². The predicted molar refractivity (Wildman–Crippen MR) is 89.4 cm³/mol. The molecule has 2 aromatic heterocycles. The van der Waals surface area contributed by atoms with Crippen molar-refractivity contribution >= 4 is 17.2 Å². The molecule has 23 heavy (non-hydrogen) atoms. The van der Waals surface area contributed by atoms with Gasteiger partial charge in [-0.1, -0.05) is 6.07 Å². The summed E-state index contributed by atoms with van der Waals surface area (Å²) in [7, 11) is 1.64. The number of pyridine rings is 1. The van der Waals surface area contributed by atoms with Gasteiger partial charge in [-0.25, -0.2) is 4.98 Å². The van der Waals surface area contributed by atoms with Crippen LogP contribution in [0.4, 0.5) is 0 Å². The van der Waals surface area contributed by atoms with Gasteiger partial charge < -0.3 is 9.64 Å². The van der Waals surface area contributed by atoms with Crippen molar-refractivity contribution in [2.75, 3.05) is 13.7 Å². The Balaban J connectivity index is 1.62. The molecule has 0 bridgehead atoms. The molecule has 1 saturated heterocycles. The number of amides is 1. The lowest BCUT2D eigenvalue weighted by atomic mass is 10.1. The molecule has 6 heteroatoms. The van der Waals surface area contributed by atoms with Gasteiger partial charge in [-0.3, -0.25) is 9.78 Å².